The van der Waals surface area contributed by atoms with E-state index in [1.54, 1.807) is 0 Å². The number of carbonyl (C=O) groups is 1. The SMILES string of the molecule is CC[C@@H]1C2C[C@H](O)CC[C@]2(C)C2CC[C@@]3(C)C(CCC3[C@H](C)CCC(=O)[O-])C2[C@@H]1O.[NH3+]CC[NH3+]. The quantitative estimate of drug-likeness (QED) is 0.454. The fourth-order valence-corrected chi connectivity index (χ4v) is 9.48. The molecule has 0 aromatic carbocycles. The van der Waals surface area contributed by atoms with Gasteiger partial charge in [-0.15, -0.1) is 0 Å². The summed E-state index contributed by atoms with van der Waals surface area (Å²) < 4.78 is 0. The molecule has 0 spiro atoms. The molecule has 34 heavy (non-hydrogen) atoms. The molecular weight excluding hydrogens is 428 g/mol. The average Bonchev–Trinajstić information content (AvgIpc) is 3.16. The maximum Gasteiger partial charge on any atom is 0.124 e. The van der Waals surface area contributed by atoms with Crippen LogP contribution in [0.5, 0.6) is 0 Å². The minimum atomic E-state index is -0.933. The first-order valence-corrected chi connectivity index (χ1v) is 14.2. The molecule has 0 radical (unpaired) electrons. The van der Waals surface area contributed by atoms with E-state index in [0.29, 0.717) is 47.8 Å². The Labute approximate surface area is 207 Å². The maximum absolute atomic E-state index is 11.7. The summed E-state index contributed by atoms with van der Waals surface area (Å²) in [6, 6.07) is 0. The van der Waals surface area contributed by atoms with Crippen molar-refractivity contribution in [3.8, 4) is 0 Å². The Morgan fingerprint density at radius 1 is 1.00 bits per heavy atom. The molecule has 5 unspecified atom stereocenters. The van der Waals surface area contributed by atoms with Gasteiger partial charge in [0.25, 0.3) is 0 Å². The third kappa shape index (κ3) is 4.94. The van der Waals surface area contributed by atoms with Crippen LogP contribution in [-0.2, 0) is 4.79 Å². The standard InChI is InChI=1S/C26H44O4.C2H8N2/c1-5-17-21-14-16(27)10-12-26(21,4)20-11-13-25(3)18(15(2)6-9-22(28)29)7-8-19(25)23(20)24(17)30;3-1-2-4/h15-21,23-24,27,30H,5-14H2,1-4H3,(H,28,29);1-4H2/p+1/t15-,16-,17-,18?,19?,20?,21?,23?,24-,25-,26-;/m1./s1. The predicted molar refractivity (Wildman–Crippen MR) is 131 cm³/mol. The van der Waals surface area contributed by atoms with E-state index in [2.05, 4.69) is 39.2 Å². The molecule has 4 saturated carbocycles. The van der Waals surface area contributed by atoms with Gasteiger partial charge in [-0.3, -0.25) is 0 Å². The van der Waals surface area contributed by atoms with Crippen LogP contribution < -0.4 is 16.6 Å². The molecule has 0 aromatic rings. The molecular formula is C28H53N2O4+. The number of quaternary nitrogens is 2. The molecule has 4 rings (SSSR count). The van der Waals surface area contributed by atoms with Gasteiger partial charge in [-0.1, -0.05) is 34.1 Å². The highest BCUT2D eigenvalue weighted by molar-refractivity contribution is 5.64. The molecule has 4 fully saturated rings. The fourth-order valence-electron chi connectivity index (χ4n) is 9.48. The van der Waals surface area contributed by atoms with Crippen LogP contribution in [0, 0.1) is 52.3 Å². The second-order valence-electron chi connectivity index (χ2n) is 12.7. The van der Waals surface area contributed by atoms with Gasteiger partial charge in [0.15, 0.2) is 0 Å². The van der Waals surface area contributed by atoms with Crippen molar-refractivity contribution in [3.63, 3.8) is 0 Å². The van der Waals surface area contributed by atoms with E-state index in [9.17, 15) is 20.1 Å². The summed E-state index contributed by atoms with van der Waals surface area (Å²) in [5.74, 6) is 2.21. The van der Waals surface area contributed by atoms with Gasteiger partial charge in [0.2, 0.25) is 0 Å². The minimum Gasteiger partial charge on any atom is -0.550 e. The minimum absolute atomic E-state index is 0.160. The van der Waals surface area contributed by atoms with Crippen molar-refractivity contribution in [2.45, 2.75) is 104 Å². The monoisotopic (exact) mass is 481 g/mol. The van der Waals surface area contributed by atoms with Gasteiger partial charge >= 0.3 is 0 Å². The summed E-state index contributed by atoms with van der Waals surface area (Å²) in [7, 11) is 0. The van der Waals surface area contributed by atoms with E-state index in [-0.39, 0.29) is 29.5 Å². The van der Waals surface area contributed by atoms with Crippen LogP contribution in [0.4, 0.5) is 0 Å². The maximum atomic E-state index is 11.7. The molecule has 0 amide bonds. The van der Waals surface area contributed by atoms with Crippen molar-refractivity contribution in [3.05, 3.63) is 0 Å². The third-order valence-corrected chi connectivity index (χ3v) is 11.2. The van der Waals surface area contributed by atoms with E-state index in [4.69, 9.17) is 0 Å². The first-order valence-electron chi connectivity index (χ1n) is 14.2. The summed E-state index contributed by atoms with van der Waals surface area (Å²) in [6.07, 6.45) is 8.99. The number of hydrogen-bond acceptors (Lipinski definition) is 4. The highest BCUT2D eigenvalue weighted by Gasteiger charge is 2.64. The Morgan fingerprint density at radius 2 is 1.62 bits per heavy atom. The van der Waals surface area contributed by atoms with Crippen LogP contribution in [0.1, 0.15) is 91.9 Å². The van der Waals surface area contributed by atoms with Crippen molar-refractivity contribution >= 4 is 5.97 Å². The van der Waals surface area contributed by atoms with Gasteiger partial charge < -0.3 is 31.6 Å². The summed E-state index contributed by atoms with van der Waals surface area (Å²) >= 11 is 0. The normalized spacial score (nSPS) is 46.4. The highest BCUT2D eigenvalue weighted by Crippen LogP contribution is 2.69. The largest absolute Gasteiger partial charge is 0.550 e. The first-order chi connectivity index (χ1) is 16.0. The molecule has 0 aromatic heterocycles. The Bertz CT molecular complexity index is 687. The molecule has 198 valence electrons. The van der Waals surface area contributed by atoms with Crippen LogP contribution >= 0.6 is 0 Å². The van der Waals surface area contributed by atoms with Crippen LogP contribution in [0.3, 0.4) is 0 Å². The second kappa shape index (κ2) is 11.1. The summed E-state index contributed by atoms with van der Waals surface area (Å²) in [4.78, 5) is 11.0. The number of hydrogen-bond donors (Lipinski definition) is 4. The van der Waals surface area contributed by atoms with Gasteiger partial charge in [0.05, 0.1) is 12.2 Å². The lowest BCUT2D eigenvalue weighted by Crippen LogP contribution is -2.64. The number of aliphatic carboxylic acids is 1. The summed E-state index contributed by atoms with van der Waals surface area (Å²) in [6.45, 7) is 11.3. The van der Waals surface area contributed by atoms with Crippen LogP contribution in [0.15, 0.2) is 0 Å². The van der Waals surface area contributed by atoms with Crippen molar-refractivity contribution in [1.82, 2.24) is 0 Å². The first kappa shape index (κ1) is 27.9. The van der Waals surface area contributed by atoms with Crippen LogP contribution in [0.2, 0.25) is 0 Å². The van der Waals surface area contributed by atoms with E-state index in [1.807, 2.05) is 0 Å². The van der Waals surface area contributed by atoms with Gasteiger partial charge in [0, 0.05) is 5.97 Å². The third-order valence-electron chi connectivity index (χ3n) is 11.2. The molecule has 6 nitrogen and oxygen atoms in total. The number of fused-ring (bicyclic) bond motifs is 5. The smallest absolute Gasteiger partial charge is 0.124 e. The lowest BCUT2D eigenvalue weighted by molar-refractivity contribution is -0.453. The Hall–Kier alpha value is -0.690. The molecule has 4 aliphatic carbocycles. The number of carboxylic acids is 1. The topological polar surface area (TPSA) is 136 Å². The summed E-state index contributed by atoms with van der Waals surface area (Å²) in [5, 5.41) is 33.1. The van der Waals surface area contributed by atoms with E-state index in [1.165, 1.54) is 25.7 Å². The zero-order valence-corrected chi connectivity index (χ0v) is 22.3. The van der Waals surface area contributed by atoms with Gasteiger partial charge in [0.1, 0.15) is 13.1 Å². The average molecular weight is 482 g/mol. The molecule has 11 atom stereocenters. The molecule has 6 heteroatoms. The fraction of sp³-hybridized carbons (Fsp3) is 0.964. The lowest BCUT2D eigenvalue weighted by atomic mass is 9.41. The molecule has 0 bridgehead atoms. The van der Waals surface area contributed by atoms with Crippen molar-refractivity contribution in [2.75, 3.05) is 13.1 Å². The van der Waals surface area contributed by atoms with Crippen LogP contribution in [-0.4, -0.2) is 41.5 Å². The molecule has 0 saturated heterocycles. The molecule has 8 N–H and O–H groups in total. The molecule has 4 aliphatic rings. The van der Waals surface area contributed by atoms with Crippen molar-refractivity contribution in [1.29, 1.82) is 0 Å². The Morgan fingerprint density at radius 3 is 2.21 bits per heavy atom. The Balaban J connectivity index is 0.000000751. The van der Waals surface area contributed by atoms with E-state index >= 15 is 0 Å². The molecule has 0 aliphatic heterocycles. The Kier molecular flexibility index (Phi) is 9.14. The number of carboxylic acid groups (broad SMARTS) is 1. The number of carbonyl (C=O) groups excluding carboxylic acids is 1. The summed E-state index contributed by atoms with van der Waals surface area (Å²) in [5.41, 5.74) is 7.53. The van der Waals surface area contributed by atoms with Crippen molar-refractivity contribution < 1.29 is 31.6 Å². The zero-order valence-electron chi connectivity index (χ0n) is 22.3. The highest BCUT2D eigenvalue weighted by atomic mass is 16.4. The number of aliphatic hydroxyl groups excluding tert-OH is 2. The van der Waals surface area contributed by atoms with E-state index < -0.39 is 5.97 Å². The number of aliphatic hydroxyl groups is 2. The predicted octanol–water partition coefficient (Wildman–Crippen LogP) is 1.25. The second-order valence-corrected chi connectivity index (χ2v) is 12.7. The van der Waals surface area contributed by atoms with Crippen LogP contribution in [0.25, 0.3) is 0 Å². The number of rotatable bonds is 6. The van der Waals surface area contributed by atoms with E-state index in [0.717, 1.165) is 38.8 Å². The van der Waals surface area contributed by atoms with Gasteiger partial charge in [-0.05, 0) is 110 Å². The van der Waals surface area contributed by atoms with Gasteiger partial charge in [-0.25, -0.2) is 0 Å². The molecule has 0 heterocycles. The van der Waals surface area contributed by atoms with Gasteiger partial charge in [-0.2, -0.15) is 0 Å². The zero-order chi connectivity index (χ0) is 25.3. The van der Waals surface area contributed by atoms with Crippen molar-refractivity contribution in [2.24, 2.45) is 52.3 Å². The lowest BCUT2D eigenvalue weighted by Gasteiger charge is -2.64.